The first-order valence-electron chi connectivity index (χ1n) is 35.6. The topological polar surface area (TPSA) is 82.2 Å². The van der Waals surface area contributed by atoms with Crippen molar-refractivity contribution in [1.29, 1.82) is 0 Å². The smallest absolute Gasteiger partial charge is 0.225 e. The van der Waals surface area contributed by atoms with Crippen molar-refractivity contribution < 1.29 is 0 Å². The summed E-state index contributed by atoms with van der Waals surface area (Å²) in [5.41, 5.74) is 14.7. The number of aromatic nitrogens is 2. The van der Waals surface area contributed by atoms with Gasteiger partial charge in [-0.15, -0.1) is 0 Å². The molecule has 7 heterocycles. The van der Waals surface area contributed by atoms with E-state index in [-0.39, 0.29) is 0 Å². The van der Waals surface area contributed by atoms with Gasteiger partial charge in [-0.2, -0.15) is 0 Å². The molecule has 0 amide bonds. The second kappa shape index (κ2) is 35.9. The average molecular weight is 1250 g/mol. The number of hydrogen-bond acceptors (Lipinski definition) is 14. The van der Waals surface area contributed by atoms with Gasteiger partial charge in [0.2, 0.25) is 5.95 Å². The molecule has 8 fully saturated rings. The van der Waals surface area contributed by atoms with E-state index in [1.54, 1.807) is 0 Å². The minimum atomic E-state index is 0.579. The van der Waals surface area contributed by atoms with E-state index in [0.29, 0.717) is 18.1 Å². The maximum absolute atomic E-state index is 4.32. The summed E-state index contributed by atoms with van der Waals surface area (Å²) in [4.78, 5) is 33.5. The molecule has 0 radical (unpaired) electrons. The number of nitrogens with one attached hydrogen (secondary N) is 2. The summed E-state index contributed by atoms with van der Waals surface area (Å²) in [6.07, 6.45) is 12.2. The minimum Gasteiger partial charge on any atom is -0.370 e. The maximum Gasteiger partial charge on any atom is 0.225 e. The number of rotatable bonds is 9. The van der Waals surface area contributed by atoms with Crippen LogP contribution in [-0.2, 0) is 0 Å². The molecule has 0 spiro atoms. The van der Waals surface area contributed by atoms with Crippen LogP contribution in [0.2, 0.25) is 0 Å². The predicted molar refractivity (Wildman–Crippen MR) is 394 cm³/mol. The molecule has 2 aliphatic carbocycles. The number of likely N-dealkylation sites (N-methyl/N-ethyl adjacent to an activating group) is 1. The highest BCUT2D eigenvalue weighted by atomic mass is 15.3. The fourth-order valence-corrected chi connectivity index (χ4v) is 13.4. The second-order valence-corrected chi connectivity index (χ2v) is 28.0. The molecule has 14 rings (SSSR count). The first-order chi connectivity index (χ1) is 44.6. The van der Waals surface area contributed by atoms with Crippen molar-refractivity contribution in [1.82, 2.24) is 40.2 Å². The molecule has 14 nitrogen and oxygen atoms in total. The molecule has 2 unspecified atom stereocenters. The van der Waals surface area contributed by atoms with Gasteiger partial charge in [-0.05, 0) is 181 Å². The van der Waals surface area contributed by atoms with E-state index in [1.807, 2.05) is 19.3 Å². The fourth-order valence-electron chi connectivity index (χ4n) is 13.4. The summed E-state index contributed by atoms with van der Waals surface area (Å²) in [5.74, 6) is 0.865. The second-order valence-electron chi connectivity index (χ2n) is 28.0. The lowest BCUT2D eigenvalue weighted by atomic mass is 9.91. The Labute approximate surface area is 557 Å². The largest absolute Gasteiger partial charge is 0.370 e. The van der Waals surface area contributed by atoms with Gasteiger partial charge in [0.15, 0.2) is 0 Å². The molecule has 6 aromatic rings. The van der Waals surface area contributed by atoms with Gasteiger partial charge < -0.3 is 44.9 Å². The summed E-state index contributed by atoms with van der Waals surface area (Å²) in [5, 5.41) is 6.97. The Morgan fingerprint density at radius 2 is 0.707 bits per heavy atom. The molecule has 6 aliphatic heterocycles. The van der Waals surface area contributed by atoms with Gasteiger partial charge >= 0.3 is 0 Å². The molecule has 2 saturated carbocycles. The van der Waals surface area contributed by atoms with Crippen molar-refractivity contribution in [3.63, 3.8) is 0 Å². The fraction of sp³-hybridized carbons (Fsp3) is 0.564. The van der Waals surface area contributed by atoms with Crippen LogP contribution >= 0.6 is 0 Å². The lowest BCUT2D eigenvalue weighted by Gasteiger charge is -2.43. The van der Waals surface area contributed by atoms with Crippen LogP contribution in [0.1, 0.15) is 99.6 Å². The summed E-state index contributed by atoms with van der Waals surface area (Å²) in [7, 11) is 2.15. The van der Waals surface area contributed by atoms with Gasteiger partial charge in [0, 0.05) is 208 Å². The van der Waals surface area contributed by atoms with Crippen molar-refractivity contribution in [3.05, 3.63) is 167 Å². The van der Waals surface area contributed by atoms with Crippen LogP contribution in [-0.4, -0.2) is 211 Å². The molecular formula is C78H118N14. The Hall–Kier alpha value is -6.26. The van der Waals surface area contributed by atoms with Crippen molar-refractivity contribution in [3.8, 4) is 0 Å². The van der Waals surface area contributed by atoms with Crippen LogP contribution in [0.15, 0.2) is 134 Å². The summed E-state index contributed by atoms with van der Waals surface area (Å²) >= 11 is 0. The van der Waals surface area contributed by atoms with Crippen molar-refractivity contribution in [2.75, 3.05) is 180 Å². The standard InChI is InChI=1S/C15H22N2.C14H20N2.C14H22N2.C13H20N2.C12H18N2.C10H16N4/c1-13-5-7-15(8-6-13)17-11-9-16(10-12-17)14-3-2-4-14;1-12-2-4-13(5-3-12)15-8-10-16(11-9-15)14-6-7-14;1-12(2)15-8-10-16(11-9-15)14-6-4-13(3)5-7-14;1-10-4-6-13(7-5-10)15-8-11(2)14-12(3)9-15;1-11-3-5-12(6-4-11)14-9-2-7-13-8-10-14;1-9-7-11-10(12-8-9)14-5-3-13(2)4-6-14/h5-8,14H,2-4,9-12H2,1H3;2-5,14H,6-11H2,1H3;4-7,12H,8-11H2,1-3H3;4-7,11-12,14H,8-9H2,1-3H3;3-6,13H,2,7-10H2,1H3;7-8H,3-6H2,1-2H3. The highest BCUT2D eigenvalue weighted by Crippen LogP contribution is 2.30. The van der Waals surface area contributed by atoms with E-state index >= 15 is 0 Å². The average Bonchev–Trinajstić information content (AvgIpc) is 3.38. The Bertz CT molecular complexity index is 2890. The Morgan fingerprint density at radius 3 is 1.07 bits per heavy atom. The third-order valence-electron chi connectivity index (χ3n) is 19.8. The molecule has 6 saturated heterocycles. The van der Waals surface area contributed by atoms with Crippen LogP contribution in [0.5, 0.6) is 0 Å². The first-order valence-corrected chi connectivity index (χ1v) is 35.6. The molecule has 92 heavy (non-hydrogen) atoms. The number of nitrogens with zero attached hydrogens (tertiary/aromatic N) is 12. The zero-order valence-electron chi connectivity index (χ0n) is 58.8. The van der Waals surface area contributed by atoms with E-state index in [4.69, 9.17) is 0 Å². The van der Waals surface area contributed by atoms with Crippen molar-refractivity contribution >= 4 is 34.4 Å². The normalized spacial score (nSPS) is 21.1. The third-order valence-corrected chi connectivity index (χ3v) is 19.8. The van der Waals surface area contributed by atoms with Crippen LogP contribution in [0, 0.1) is 41.5 Å². The molecular weight excluding hydrogens is 1130 g/mol. The molecule has 5 aromatic carbocycles. The summed E-state index contributed by atoms with van der Waals surface area (Å²) in [6.45, 7) is 47.2. The van der Waals surface area contributed by atoms with E-state index in [1.165, 1.54) is 167 Å². The first kappa shape index (κ1) is 70.1. The van der Waals surface area contributed by atoms with E-state index in [9.17, 15) is 0 Å². The lowest BCUT2D eigenvalue weighted by Crippen LogP contribution is -2.54. The van der Waals surface area contributed by atoms with Crippen LogP contribution in [0.3, 0.4) is 0 Å². The zero-order chi connectivity index (χ0) is 64.8. The van der Waals surface area contributed by atoms with Gasteiger partial charge in [0.1, 0.15) is 0 Å². The quantitative estimate of drug-likeness (QED) is 0.144. The van der Waals surface area contributed by atoms with Gasteiger partial charge in [-0.1, -0.05) is 94.9 Å². The van der Waals surface area contributed by atoms with Crippen molar-refractivity contribution in [2.45, 2.75) is 138 Å². The van der Waals surface area contributed by atoms with Gasteiger partial charge in [0.05, 0.1) is 0 Å². The Kier molecular flexibility index (Phi) is 27.3. The number of aryl methyl sites for hydroxylation is 6. The van der Waals surface area contributed by atoms with Crippen LogP contribution in [0.25, 0.3) is 0 Å². The Morgan fingerprint density at radius 1 is 0.359 bits per heavy atom. The molecule has 500 valence electrons. The zero-order valence-corrected chi connectivity index (χ0v) is 58.8. The number of anilines is 6. The van der Waals surface area contributed by atoms with Crippen LogP contribution in [0.4, 0.5) is 34.4 Å². The van der Waals surface area contributed by atoms with Gasteiger partial charge in [-0.3, -0.25) is 14.7 Å². The Balaban J connectivity index is 0.000000131. The number of benzene rings is 5. The predicted octanol–water partition coefficient (Wildman–Crippen LogP) is 12.0. The van der Waals surface area contributed by atoms with Gasteiger partial charge in [0.25, 0.3) is 0 Å². The molecule has 2 atom stereocenters. The maximum atomic E-state index is 4.32. The summed E-state index contributed by atoms with van der Waals surface area (Å²) < 4.78 is 0. The number of hydrogen-bond donors (Lipinski definition) is 2. The molecule has 14 heteroatoms. The lowest BCUT2D eigenvalue weighted by molar-refractivity contribution is 0.120. The number of piperazine rings is 5. The molecule has 1 aromatic heterocycles. The highest BCUT2D eigenvalue weighted by molar-refractivity contribution is 5.51. The molecule has 2 N–H and O–H groups in total. The minimum absolute atomic E-state index is 0.579. The van der Waals surface area contributed by atoms with Crippen molar-refractivity contribution in [2.24, 2.45) is 0 Å². The van der Waals surface area contributed by atoms with Crippen LogP contribution < -0.4 is 40.0 Å². The van der Waals surface area contributed by atoms with Gasteiger partial charge in [-0.25, -0.2) is 9.97 Å². The monoisotopic (exact) mass is 1250 g/mol. The van der Waals surface area contributed by atoms with E-state index in [2.05, 4.69) is 260 Å². The molecule has 8 aliphatic rings. The SMILES string of the molecule is Cc1ccc(N2CC(C)NC(C)C2)cc1.Cc1ccc(N2CCCNCC2)cc1.Cc1ccc(N2CCN(C(C)C)CC2)cc1.Cc1ccc(N2CCN(C3CC3)CC2)cc1.Cc1ccc(N2CCN(C3CCC3)CC2)cc1.Cc1cnc(N2CCN(C)CC2)nc1. The third kappa shape index (κ3) is 22.5. The molecule has 0 bridgehead atoms. The summed E-state index contributed by atoms with van der Waals surface area (Å²) in [6, 6.07) is 48.1. The van der Waals surface area contributed by atoms with E-state index < -0.39 is 0 Å². The highest BCUT2D eigenvalue weighted by Gasteiger charge is 2.32. The van der Waals surface area contributed by atoms with E-state index in [0.717, 1.165) is 95.6 Å².